The number of nitrogens with zero attached hydrogens (tertiary/aromatic N) is 1. The molecule has 0 saturated heterocycles. The first-order valence-corrected chi connectivity index (χ1v) is 5.94. The molecule has 1 amide bonds. The molecule has 0 bridgehead atoms. The molecule has 0 aliphatic heterocycles. The molecule has 0 saturated carbocycles. The quantitative estimate of drug-likeness (QED) is 0.700. The van der Waals surface area contributed by atoms with E-state index < -0.39 is 0 Å². The van der Waals surface area contributed by atoms with Crippen LogP contribution >= 0.6 is 0 Å². The van der Waals surface area contributed by atoms with Crippen LogP contribution in [-0.2, 0) is 4.79 Å². The van der Waals surface area contributed by atoms with Crippen LogP contribution in [-0.4, -0.2) is 22.9 Å². The van der Waals surface area contributed by atoms with Crippen molar-refractivity contribution in [3.8, 4) is 0 Å². The Hall–Kier alpha value is -0.530. The van der Waals surface area contributed by atoms with Crippen molar-refractivity contribution in [2.45, 2.75) is 66.8 Å². The van der Waals surface area contributed by atoms with Gasteiger partial charge in [-0.1, -0.05) is 27.7 Å². The minimum atomic E-state index is -0.0168. The fraction of sp³-hybridized carbons (Fsp3) is 0.923. The molecule has 0 aliphatic carbocycles. The summed E-state index contributed by atoms with van der Waals surface area (Å²) in [5.74, 6) is 0.275. The Morgan fingerprint density at radius 2 is 1.53 bits per heavy atom. The summed E-state index contributed by atoms with van der Waals surface area (Å²) < 4.78 is 0. The second-order valence-electron chi connectivity index (χ2n) is 6.04. The van der Waals surface area contributed by atoms with Crippen molar-refractivity contribution in [2.75, 3.05) is 6.54 Å². The lowest BCUT2D eigenvalue weighted by Crippen LogP contribution is -2.48. The van der Waals surface area contributed by atoms with Crippen molar-refractivity contribution in [3.63, 3.8) is 0 Å². The summed E-state index contributed by atoms with van der Waals surface area (Å²) >= 11 is 0. The van der Waals surface area contributed by atoms with Gasteiger partial charge in [-0.05, 0) is 32.6 Å². The van der Waals surface area contributed by atoms with Gasteiger partial charge < -0.3 is 4.90 Å². The number of carbonyl (C=O) groups excluding carboxylic acids is 1. The number of hydrogen-bond donors (Lipinski definition) is 0. The van der Waals surface area contributed by atoms with Gasteiger partial charge in [-0.3, -0.25) is 4.79 Å². The van der Waals surface area contributed by atoms with Crippen molar-refractivity contribution in [1.82, 2.24) is 4.90 Å². The molecule has 0 fully saturated rings. The standard InChI is InChI=1S/C13H27NO/c1-8-13(6,7)14(9-2)11(15)10-12(3,4)5/h8-10H2,1-7H3. The van der Waals surface area contributed by atoms with E-state index in [9.17, 15) is 4.79 Å². The van der Waals surface area contributed by atoms with E-state index in [0.29, 0.717) is 6.42 Å². The summed E-state index contributed by atoms with van der Waals surface area (Å²) in [5, 5.41) is 0. The fourth-order valence-corrected chi connectivity index (χ4v) is 1.68. The molecule has 2 nitrogen and oxygen atoms in total. The third-order valence-corrected chi connectivity index (χ3v) is 2.89. The molecule has 90 valence electrons. The van der Waals surface area contributed by atoms with Crippen LogP contribution in [0.3, 0.4) is 0 Å². The second kappa shape index (κ2) is 5.00. The van der Waals surface area contributed by atoms with E-state index in [1.54, 1.807) is 0 Å². The van der Waals surface area contributed by atoms with E-state index >= 15 is 0 Å². The molecule has 0 aromatic carbocycles. The van der Waals surface area contributed by atoms with Gasteiger partial charge in [-0.15, -0.1) is 0 Å². The van der Waals surface area contributed by atoms with Crippen LogP contribution in [0.1, 0.15) is 61.3 Å². The number of rotatable bonds is 4. The van der Waals surface area contributed by atoms with Crippen molar-refractivity contribution in [1.29, 1.82) is 0 Å². The maximum Gasteiger partial charge on any atom is 0.223 e. The van der Waals surface area contributed by atoms with Gasteiger partial charge in [0.05, 0.1) is 0 Å². The molecule has 0 aromatic heterocycles. The summed E-state index contributed by atoms with van der Waals surface area (Å²) in [7, 11) is 0. The molecule has 0 rings (SSSR count). The second-order valence-corrected chi connectivity index (χ2v) is 6.04. The third kappa shape index (κ3) is 4.67. The molecule has 2 heteroatoms. The molecule has 0 N–H and O–H groups in total. The number of carbonyl (C=O) groups is 1. The summed E-state index contributed by atoms with van der Waals surface area (Å²) in [6, 6.07) is 0. The lowest BCUT2D eigenvalue weighted by atomic mass is 9.90. The smallest absolute Gasteiger partial charge is 0.223 e. The summed E-state index contributed by atoms with van der Waals surface area (Å²) in [4.78, 5) is 14.1. The Morgan fingerprint density at radius 1 is 1.07 bits per heavy atom. The Morgan fingerprint density at radius 3 is 1.80 bits per heavy atom. The van der Waals surface area contributed by atoms with Crippen molar-refractivity contribution in [3.05, 3.63) is 0 Å². The minimum Gasteiger partial charge on any atom is -0.338 e. The number of amides is 1. The topological polar surface area (TPSA) is 20.3 Å². The van der Waals surface area contributed by atoms with Gasteiger partial charge in [0, 0.05) is 18.5 Å². The van der Waals surface area contributed by atoms with Gasteiger partial charge in [0.25, 0.3) is 0 Å². The zero-order chi connectivity index (χ0) is 12.3. The molecule has 0 aliphatic rings. The fourth-order valence-electron chi connectivity index (χ4n) is 1.68. The van der Waals surface area contributed by atoms with E-state index in [4.69, 9.17) is 0 Å². The largest absolute Gasteiger partial charge is 0.338 e. The lowest BCUT2D eigenvalue weighted by molar-refractivity contribution is -0.138. The highest BCUT2D eigenvalue weighted by Gasteiger charge is 2.29. The van der Waals surface area contributed by atoms with Crippen LogP contribution in [0.25, 0.3) is 0 Å². The highest BCUT2D eigenvalue weighted by Crippen LogP contribution is 2.25. The zero-order valence-electron chi connectivity index (χ0n) is 11.5. The molecular weight excluding hydrogens is 186 g/mol. The average molecular weight is 213 g/mol. The molecule has 0 heterocycles. The Labute approximate surface area is 95.0 Å². The highest BCUT2D eigenvalue weighted by atomic mass is 16.2. The van der Waals surface area contributed by atoms with Gasteiger partial charge in [0.15, 0.2) is 0 Å². The van der Waals surface area contributed by atoms with Crippen LogP contribution < -0.4 is 0 Å². The summed E-state index contributed by atoms with van der Waals surface area (Å²) in [6.07, 6.45) is 1.63. The van der Waals surface area contributed by atoms with Crippen LogP contribution in [0.5, 0.6) is 0 Å². The first kappa shape index (κ1) is 14.5. The SMILES string of the molecule is CCN(C(=O)CC(C)(C)C)C(C)(C)CC. The minimum absolute atomic E-state index is 0.0168. The molecule has 0 unspecified atom stereocenters. The van der Waals surface area contributed by atoms with E-state index in [-0.39, 0.29) is 16.9 Å². The van der Waals surface area contributed by atoms with Gasteiger partial charge >= 0.3 is 0 Å². The summed E-state index contributed by atoms with van der Waals surface area (Å²) in [6.45, 7) is 15.6. The maximum absolute atomic E-state index is 12.1. The van der Waals surface area contributed by atoms with Crippen LogP contribution in [0.2, 0.25) is 0 Å². The normalized spacial score (nSPS) is 12.7. The van der Waals surface area contributed by atoms with Crippen molar-refractivity contribution in [2.24, 2.45) is 5.41 Å². The molecule has 0 atom stereocenters. The van der Waals surface area contributed by atoms with E-state index in [1.165, 1.54) is 0 Å². The van der Waals surface area contributed by atoms with Crippen LogP contribution in [0, 0.1) is 5.41 Å². The van der Waals surface area contributed by atoms with Crippen molar-refractivity contribution >= 4 is 5.91 Å². The average Bonchev–Trinajstić information content (AvgIpc) is 2.01. The Bertz CT molecular complexity index is 213. The van der Waals surface area contributed by atoms with E-state index in [1.807, 2.05) is 4.90 Å². The Kier molecular flexibility index (Phi) is 4.82. The predicted octanol–water partition coefficient (Wildman–Crippen LogP) is 3.46. The molecule has 0 aromatic rings. The van der Waals surface area contributed by atoms with Gasteiger partial charge in [-0.25, -0.2) is 0 Å². The maximum atomic E-state index is 12.1. The predicted molar refractivity (Wildman–Crippen MR) is 65.8 cm³/mol. The number of hydrogen-bond acceptors (Lipinski definition) is 1. The Balaban J connectivity index is 4.63. The van der Waals surface area contributed by atoms with Crippen molar-refractivity contribution < 1.29 is 4.79 Å². The monoisotopic (exact) mass is 213 g/mol. The van der Waals surface area contributed by atoms with Gasteiger partial charge in [-0.2, -0.15) is 0 Å². The first-order valence-electron chi connectivity index (χ1n) is 5.94. The lowest BCUT2D eigenvalue weighted by Gasteiger charge is -2.38. The zero-order valence-corrected chi connectivity index (χ0v) is 11.5. The first-order chi connectivity index (χ1) is 6.64. The molecular formula is C13H27NO. The van der Waals surface area contributed by atoms with Crippen LogP contribution in [0.15, 0.2) is 0 Å². The summed E-state index contributed by atoms with van der Waals surface area (Å²) in [5.41, 5.74) is 0.0609. The molecule has 0 radical (unpaired) electrons. The van der Waals surface area contributed by atoms with Gasteiger partial charge in [0.2, 0.25) is 5.91 Å². The third-order valence-electron chi connectivity index (χ3n) is 2.89. The highest BCUT2D eigenvalue weighted by molar-refractivity contribution is 5.77. The van der Waals surface area contributed by atoms with E-state index in [2.05, 4.69) is 48.5 Å². The molecule has 15 heavy (non-hydrogen) atoms. The van der Waals surface area contributed by atoms with Crippen LogP contribution in [0.4, 0.5) is 0 Å². The van der Waals surface area contributed by atoms with Gasteiger partial charge in [0.1, 0.15) is 0 Å². The van der Waals surface area contributed by atoms with E-state index in [0.717, 1.165) is 13.0 Å². The molecule has 0 spiro atoms.